The zero-order valence-corrected chi connectivity index (χ0v) is 9.16. The number of carbonyl (C=O) groups is 2. The number of imide groups is 1. The molecule has 0 atom stereocenters. The van der Waals surface area contributed by atoms with Crippen molar-refractivity contribution < 1.29 is 14.5 Å². The molecule has 17 heavy (non-hydrogen) atoms. The molecule has 1 heterocycles. The number of carbonyl (C=O) groups excluding carboxylic acids is 2. The smallest absolute Gasteiger partial charge is 0.296 e. The second kappa shape index (κ2) is 3.27. The van der Waals surface area contributed by atoms with E-state index in [9.17, 15) is 19.7 Å². The molecule has 7 nitrogen and oxygen atoms in total. The highest BCUT2D eigenvalue weighted by Gasteiger charge is 2.36. The molecule has 0 unspecified atom stereocenters. The first-order chi connectivity index (χ1) is 7.86. The van der Waals surface area contributed by atoms with E-state index in [-0.39, 0.29) is 33.6 Å². The Balaban J connectivity index is 2.94. The van der Waals surface area contributed by atoms with Gasteiger partial charge in [0.25, 0.3) is 17.5 Å². The van der Waals surface area contributed by atoms with Crippen molar-refractivity contribution >= 4 is 23.2 Å². The predicted octanol–water partition coefficient (Wildman–Crippen LogP) is 0.677. The Labute approximate surface area is 95.8 Å². The Morgan fingerprint density at radius 1 is 1.12 bits per heavy atom. The molecule has 2 rings (SSSR count). The standard InChI is InChI=1S/C10H9N3O4/c1-3-5-6(10(15)12-9(5)14)4(2)8(7(3)11)13(16)17/h11H2,1-2H3,(H,12,14,15). The van der Waals surface area contributed by atoms with Crippen molar-refractivity contribution in [3.05, 3.63) is 32.4 Å². The van der Waals surface area contributed by atoms with Crippen LogP contribution in [0.15, 0.2) is 0 Å². The SMILES string of the molecule is Cc1c(N)c([N+](=O)[O-])c(C)c2c1C(=O)NC2=O. The number of anilines is 1. The molecule has 0 bridgehead atoms. The van der Waals surface area contributed by atoms with Crippen LogP contribution in [0, 0.1) is 24.0 Å². The number of hydrogen-bond acceptors (Lipinski definition) is 5. The van der Waals surface area contributed by atoms with Crippen molar-refractivity contribution in [1.82, 2.24) is 5.32 Å². The minimum Gasteiger partial charge on any atom is -0.393 e. The van der Waals surface area contributed by atoms with Crippen LogP contribution in [0.25, 0.3) is 0 Å². The Bertz CT molecular complexity index is 592. The monoisotopic (exact) mass is 235 g/mol. The minimum atomic E-state index is -0.645. The van der Waals surface area contributed by atoms with Gasteiger partial charge in [-0.1, -0.05) is 0 Å². The second-order valence-corrected chi connectivity index (χ2v) is 3.80. The lowest BCUT2D eigenvalue weighted by Crippen LogP contribution is -2.20. The van der Waals surface area contributed by atoms with Crippen LogP contribution in [0.2, 0.25) is 0 Å². The van der Waals surface area contributed by atoms with Gasteiger partial charge in [-0.15, -0.1) is 0 Å². The van der Waals surface area contributed by atoms with Crippen molar-refractivity contribution in [2.45, 2.75) is 13.8 Å². The number of nitro groups is 1. The van der Waals surface area contributed by atoms with E-state index in [4.69, 9.17) is 5.73 Å². The maximum absolute atomic E-state index is 11.5. The van der Waals surface area contributed by atoms with Gasteiger partial charge in [0.15, 0.2) is 0 Å². The summed E-state index contributed by atoms with van der Waals surface area (Å²) in [5, 5.41) is 13.0. The Morgan fingerprint density at radius 3 is 2.06 bits per heavy atom. The molecule has 2 amide bonds. The number of rotatable bonds is 1. The molecule has 0 saturated heterocycles. The molecule has 88 valence electrons. The fraction of sp³-hybridized carbons (Fsp3) is 0.200. The lowest BCUT2D eigenvalue weighted by molar-refractivity contribution is -0.384. The molecule has 0 spiro atoms. The minimum absolute atomic E-state index is 0.0494. The summed E-state index contributed by atoms with van der Waals surface area (Å²) in [6.45, 7) is 2.89. The van der Waals surface area contributed by atoms with Crippen LogP contribution in [-0.2, 0) is 0 Å². The van der Waals surface area contributed by atoms with Gasteiger partial charge in [0, 0.05) is 5.56 Å². The molecule has 0 radical (unpaired) electrons. The first-order valence-electron chi connectivity index (χ1n) is 4.79. The van der Waals surface area contributed by atoms with Gasteiger partial charge < -0.3 is 5.73 Å². The van der Waals surface area contributed by atoms with Crippen LogP contribution in [-0.4, -0.2) is 16.7 Å². The highest BCUT2D eigenvalue weighted by atomic mass is 16.6. The van der Waals surface area contributed by atoms with Crippen molar-refractivity contribution in [1.29, 1.82) is 0 Å². The average Bonchev–Trinajstić information content (AvgIpc) is 2.50. The van der Waals surface area contributed by atoms with Crippen LogP contribution in [0.5, 0.6) is 0 Å². The summed E-state index contributed by atoms with van der Waals surface area (Å²) >= 11 is 0. The lowest BCUT2D eigenvalue weighted by atomic mass is 9.95. The first-order valence-corrected chi connectivity index (χ1v) is 4.79. The van der Waals surface area contributed by atoms with Crippen LogP contribution < -0.4 is 11.1 Å². The molecule has 0 aromatic heterocycles. The van der Waals surface area contributed by atoms with Gasteiger partial charge in [-0.3, -0.25) is 25.0 Å². The molecule has 7 heteroatoms. The molecular formula is C10H9N3O4. The number of hydrogen-bond donors (Lipinski definition) is 2. The van der Waals surface area contributed by atoms with Gasteiger partial charge in [0.2, 0.25) is 0 Å². The molecule has 0 fully saturated rings. The first kappa shape index (κ1) is 11.1. The molecule has 3 N–H and O–H groups in total. The largest absolute Gasteiger partial charge is 0.393 e. The molecule has 0 aliphatic carbocycles. The number of amides is 2. The molecule has 1 aliphatic heterocycles. The number of nitrogens with two attached hydrogens (primary N) is 1. The third-order valence-corrected chi connectivity index (χ3v) is 2.88. The number of nitrogen functional groups attached to an aromatic ring is 1. The zero-order valence-electron chi connectivity index (χ0n) is 9.16. The van der Waals surface area contributed by atoms with E-state index in [1.165, 1.54) is 13.8 Å². The predicted molar refractivity (Wildman–Crippen MR) is 58.8 cm³/mol. The molecule has 1 aromatic rings. The molecule has 1 aromatic carbocycles. The number of nitro benzene ring substituents is 1. The number of nitrogens with one attached hydrogen (secondary N) is 1. The zero-order chi connectivity index (χ0) is 12.9. The van der Waals surface area contributed by atoms with E-state index in [0.29, 0.717) is 0 Å². The quantitative estimate of drug-likeness (QED) is 0.321. The summed E-state index contributed by atoms with van der Waals surface area (Å²) in [4.78, 5) is 33.3. The summed E-state index contributed by atoms with van der Waals surface area (Å²) in [7, 11) is 0. The van der Waals surface area contributed by atoms with Crippen LogP contribution in [0.4, 0.5) is 11.4 Å². The highest BCUT2D eigenvalue weighted by molar-refractivity contribution is 6.24. The maximum Gasteiger partial charge on any atom is 0.296 e. The van der Waals surface area contributed by atoms with Gasteiger partial charge >= 0.3 is 0 Å². The van der Waals surface area contributed by atoms with E-state index < -0.39 is 16.7 Å². The van der Waals surface area contributed by atoms with E-state index in [0.717, 1.165) is 0 Å². The van der Waals surface area contributed by atoms with Crippen molar-refractivity contribution in [2.24, 2.45) is 0 Å². The van der Waals surface area contributed by atoms with Crippen LogP contribution in [0.1, 0.15) is 31.8 Å². The van der Waals surface area contributed by atoms with Crippen LogP contribution in [0.3, 0.4) is 0 Å². The summed E-state index contributed by atoms with van der Waals surface area (Å²) in [6, 6.07) is 0. The Kier molecular flexibility index (Phi) is 2.13. The highest BCUT2D eigenvalue weighted by Crippen LogP contribution is 2.36. The third-order valence-electron chi connectivity index (χ3n) is 2.88. The van der Waals surface area contributed by atoms with E-state index in [1.807, 2.05) is 0 Å². The second-order valence-electron chi connectivity index (χ2n) is 3.80. The van der Waals surface area contributed by atoms with E-state index in [2.05, 4.69) is 5.32 Å². The van der Waals surface area contributed by atoms with Gasteiger partial charge in [-0.05, 0) is 19.4 Å². The summed E-state index contributed by atoms with van der Waals surface area (Å²) < 4.78 is 0. The lowest BCUT2D eigenvalue weighted by Gasteiger charge is -2.08. The van der Waals surface area contributed by atoms with Gasteiger partial charge in [-0.25, -0.2) is 0 Å². The Hall–Kier alpha value is -2.44. The molecular weight excluding hydrogens is 226 g/mol. The van der Waals surface area contributed by atoms with Gasteiger partial charge in [-0.2, -0.15) is 0 Å². The van der Waals surface area contributed by atoms with Crippen molar-refractivity contribution in [3.63, 3.8) is 0 Å². The van der Waals surface area contributed by atoms with Gasteiger partial charge in [0.05, 0.1) is 16.1 Å². The fourth-order valence-electron chi connectivity index (χ4n) is 2.04. The van der Waals surface area contributed by atoms with Crippen molar-refractivity contribution in [2.75, 3.05) is 5.73 Å². The van der Waals surface area contributed by atoms with Gasteiger partial charge in [0.1, 0.15) is 5.69 Å². The van der Waals surface area contributed by atoms with E-state index >= 15 is 0 Å². The number of nitrogens with zero attached hydrogens (tertiary/aromatic N) is 1. The molecule has 0 saturated carbocycles. The average molecular weight is 235 g/mol. The maximum atomic E-state index is 11.5. The summed E-state index contributed by atoms with van der Waals surface area (Å²) in [6.07, 6.45) is 0. The fourth-order valence-corrected chi connectivity index (χ4v) is 2.04. The van der Waals surface area contributed by atoms with Crippen LogP contribution >= 0.6 is 0 Å². The molecule has 1 aliphatic rings. The summed E-state index contributed by atoms with van der Waals surface area (Å²) in [5.41, 5.74) is 5.82. The third kappa shape index (κ3) is 1.28. The summed E-state index contributed by atoms with van der Waals surface area (Å²) in [5.74, 6) is -1.18. The van der Waals surface area contributed by atoms with Crippen molar-refractivity contribution in [3.8, 4) is 0 Å². The van der Waals surface area contributed by atoms with E-state index in [1.54, 1.807) is 0 Å². The normalized spacial score (nSPS) is 13.5. The number of benzene rings is 1. The number of fused-ring (bicyclic) bond motifs is 1. The topological polar surface area (TPSA) is 115 Å². The Morgan fingerprint density at radius 2 is 1.59 bits per heavy atom.